The first-order valence-electron chi connectivity index (χ1n) is 25.3. The highest BCUT2D eigenvalue weighted by molar-refractivity contribution is 6.10. The third kappa shape index (κ3) is 11.9. The lowest BCUT2D eigenvalue weighted by Gasteiger charge is -2.14. The predicted molar refractivity (Wildman–Crippen MR) is 296 cm³/mol. The lowest BCUT2D eigenvalue weighted by Crippen LogP contribution is -2.12. The summed E-state index contributed by atoms with van der Waals surface area (Å²) >= 11 is 0. The van der Waals surface area contributed by atoms with Crippen molar-refractivity contribution in [3.05, 3.63) is 194 Å². The van der Waals surface area contributed by atoms with Gasteiger partial charge >= 0.3 is 13.2 Å². The molecular formula is C56H46F4N18O6. The minimum absolute atomic E-state index is 0.142. The molecule has 8 heterocycles. The number of hydrogen-bond acceptors (Lipinski definition) is 16. The Kier molecular flexibility index (Phi) is 15.8. The van der Waals surface area contributed by atoms with E-state index in [1.165, 1.54) is 68.7 Å². The fraction of sp³-hybridized carbons (Fsp3) is 0.107. The molecule has 28 heteroatoms. The molecule has 12 rings (SSSR count). The molecule has 0 saturated heterocycles. The Morgan fingerprint density at radius 2 is 1.15 bits per heavy atom. The van der Waals surface area contributed by atoms with Gasteiger partial charge in [0.1, 0.15) is 51.3 Å². The van der Waals surface area contributed by atoms with Crippen LogP contribution in [0.15, 0.2) is 171 Å². The lowest BCUT2D eigenvalue weighted by atomic mass is 10.1. The van der Waals surface area contributed by atoms with Crippen LogP contribution < -0.4 is 40.6 Å². The second kappa shape index (κ2) is 24.2. The fourth-order valence-electron chi connectivity index (χ4n) is 8.87. The van der Waals surface area contributed by atoms with E-state index in [0.717, 1.165) is 22.8 Å². The van der Waals surface area contributed by atoms with E-state index in [4.69, 9.17) is 24.7 Å². The number of alkyl halides is 4. The average Bonchev–Trinajstić information content (AvgIpc) is 3.80. The van der Waals surface area contributed by atoms with Crippen LogP contribution in [0.3, 0.4) is 0 Å². The molecule has 0 unspecified atom stereocenters. The fourth-order valence-corrected chi connectivity index (χ4v) is 8.87. The molecule has 0 saturated carbocycles. The summed E-state index contributed by atoms with van der Waals surface area (Å²) in [6.07, 6.45) is 15.5. The van der Waals surface area contributed by atoms with Gasteiger partial charge in [0.25, 0.3) is 11.8 Å². The van der Waals surface area contributed by atoms with E-state index < -0.39 is 25.0 Å². The third-order valence-electron chi connectivity index (χ3n) is 12.5. The number of nitrogens with two attached hydrogens (primary N) is 1. The Bertz CT molecular complexity index is 4300. The van der Waals surface area contributed by atoms with Gasteiger partial charge in [-0.2, -0.15) is 48.2 Å². The Morgan fingerprint density at radius 3 is 1.73 bits per heavy atom. The topological polar surface area (TPSA) is 276 Å². The van der Waals surface area contributed by atoms with Crippen molar-refractivity contribution in [1.82, 2.24) is 74.1 Å². The summed E-state index contributed by atoms with van der Waals surface area (Å²) in [5, 5.41) is 36.8. The Hall–Kier alpha value is -11.3. The van der Waals surface area contributed by atoms with E-state index in [-0.39, 0.29) is 56.5 Å². The summed E-state index contributed by atoms with van der Waals surface area (Å²) in [7, 11) is 3.50. The zero-order valence-corrected chi connectivity index (χ0v) is 44.1. The van der Waals surface area contributed by atoms with Crippen LogP contribution in [0.2, 0.25) is 0 Å². The maximum Gasteiger partial charge on any atom is 0.387 e. The quantitative estimate of drug-likeness (QED) is 0.0472. The van der Waals surface area contributed by atoms with Gasteiger partial charge in [-0.05, 0) is 92.0 Å². The van der Waals surface area contributed by atoms with Crippen molar-refractivity contribution < 1.29 is 46.1 Å². The largest absolute Gasteiger partial charge is 0.457 e. The highest BCUT2D eigenvalue weighted by Crippen LogP contribution is 2.41. The molecule has 6 N–H and O–H groups in total. The van der Waals surface area contributed by atoms with Crippen LogP contribution >= 0.6 is 0 Å². The van der Waals surface area contributed by atoms with Gasteiger partial charge in [0.05, 0.1) is 64.0 Å². The summed E-state index contributed by atoms with van der Waals surface area (Å²) in [4.78, 5) is 34.7. The molecule has 0 fully saturated rings. The monoisotopic (exact) mass is 1140 g/mol. The van der Waals surface area contributed by atoms with Crippen molar-refractivity contribution in [1.29, 1.82) is 0 Å². The van der Waals surface area contributed by atoms with Crippen molar-refractivity contribution in [3.8, 4) is 68.4 Å². The standard InChI is InChI=1S/C29H25F2N9O3.C27H21F2N9O3/c1-32-15-19-9-11-34-40(19)18-5-3-6-20(13-18)42-21-7-8-25(43-29(30)31)22(14-21)26-24(17-38(2)37-26)36-28(41)23-16-35-39-12-4-10-33-27(23)39;28-27(29)41-23-6-5-19(40-18-4-1-3-16(11-18)38-17(13-30)7-9-33-38)12-20(23)24-22(15-32-36-24)35-26(39)21-14-34-37-10-2-8-31-25(21)37/h3-14,16-17,29,32H,15H2,1-2H3,(H,36,41);1-12,14-15,27H,13,30H2,(H,32,36)(H,35,39). The summed E-state index contributed by atoms with van der Waals surface area (Å²) in [6, 6.07) is 30.3. The van der Waals surface area contributed by atoms with Gasteiger partial charge in [-0.1, -0.05) is 12.1 Å². The highest BCUT2D eigenvalue weighted by atomic mass is 19.3. The van der Waals surface area contributed by atoms with Crippen LogP contribution in [0.5, 0.6) is 34.5 Å². The van der Waals surface area contributed by atoms with Crippen LogP contribution in [0.25, 0.3) is 45.2 Å². The molecule has 4 aromatic carbocycles. The second-order valence-electron chi connectivity index (χ2n) is 18.0. The number of ether oxygens (including phenoxy) is 4. The molecule has 0 atom stereocenters. The first-order valence-corrected chi connectivity index (χ1v) is 25.3. The van der Waals surface area contributed by atoms with Gasteiger partial charge in [0.15, 0.2) is 11.3 Å². The maximum absolute atomic E-state index is 13.4. The number of aromatic amines is 1. The van der Waals surface area contributed by atoms with Crippen molar-refractivity contribution in [2.45, 2.75) is 26.3 Å². The van der Waals surface area contributed by atoms with E-state index in [2.05, 4.69) is 61.6 Å². The normalized spacial score (nSPS) is 11.2. The van der Waals surface area contributed by atoms with Crippen LogP contribution in [-0.2, 0) is 20.1 Å². The van der Waals surface area contributed by atoms with Crippen LogP contribution in [0, 0.1) is 0 Å². The molecule has 2 amide bonds. The highest BCUT2D eigenvalue weighted by Gasteiger charge is 2.24. The smallest absolute Gasteiger partial charge is 0.387 e. The molecule has 0 aliphatic heterocycles. The number of anilines is 2. The summed E-state index contributed by atoms with van der Waals surface area (Å²) in [5.41, 5.74) is 11.5. The van der Waals surface area contributed by atoms with Gasteiger partial charge in [0.2, 0.25) is 0 Å². The first kappa shape index (κ1) is 54.7. The predicted octanol–water partition coefficient (Wildman–Crippen LogP) is 9.09. The number of H-pyrrole nitrogens is 1. The minimum atomic E-state index is -3.09. The van der Waals surface area contributed by atoms with E-state index in [1.807, 2.05) is 43.4 Å². The van der Waals surface area contributed by atoms with Gasteiger partial charge in [0, 0.05) is 81.2 Å². The van der Waals surface area contributed by atoms with E-state index in [9.17, 15) is 27.2 Å². The van der Waals surface area contributed by atoms with Gasteiger partial charge in [-0.3, -0.25) is 19.4 Å². The molecule has 84 heavy (non-hydrogen) atoms. The molecule has 8 aromatic heterocycles. The van der Waals surface area contributed by atoms with E-state index in [0.29, 0.717) is 47.4 Å². The number of fused-ring (bicyclic) bond motifs is 2. The van der Waals surface area contributed by atoms with Crippen LogP contribution in [-0.4, -0.2) is 101 Å². The molecule has 424 valence electrons. The Morgan fingerprint density at radius 1 is 0.619 bits per heavy atom. The van der Waals surface area contributed by atoms with Gasteiger partial charge in [-0.25, -0.2) is 28.4 Å². The molecule has 0 aliphatic carbocycles. The number of rotatable bonds is 19. The van der Waals surface area contributed by atoms with Crippen molar-refractivity contribution in [2.75, 3.05) is 17.7 Å². The number of nitrogens with one attached hydrogen (secondary N) is 4. The molecule has 0 bridgehead atoms. The van der Waals surface area contributed by atoms with Crippen LogP contribution in [0.1, 0.15) is 32.1 Å². The SMILES string of the molecule is CNCc1ccnn1-c1cccc(Oc2ccc(OC(F)F)c(-c3nn(C)cc3NC(=O)c3cnn4cccnc34)c2)c1.NCc1ccnn1-c1cccc(Oc2ccc(OC(F)F)c(-c3[nH]ncc3NC(=O)c3cnn4cccnc34)c2)c1. The molecule has 0 radical (unpaired) electrons. The lowest BCUT2D eigenvalue weighted by molar-refractivity contribution is -0.0501. The number of carbonyl (C=O) groups excluding carboxylic acids is 2. The number of amides is 2. The first-order chi connectivity index (χ1) is 40.9. The van der Waals surface area contributed by atoms with Crippen molar-refractivity contribution in [2.24, 2.45) is 12.8 Å². The van der Waals surface area contributed by atoms with E-state index >= 15 is 0 Å². The molecular weight excluding hydrogens is 1100 g/mol. The number of nitrogens with zero attached hydrogens (tertiary/aromatic N) is 13. The van der Waals surface area contributed by atoms with Crippen LogP contribution in [0.4, 0.5) is 28.9 Å². The number of halogens is 4. The number of hydrogen-bond donors (Lipinski definition) is 5. The third-order valence-corrected chi connectivity index (χ3v) is 12.5. The molecule has 12 aromatic rings. The zero-order valence-electron chi connectivity index (χ0n) is 44.1. The van der Waals surface area contributed by atoms with E-state index in [1.54, 1.807) is 96.2 Å². The summed E-state index contributed by atoms with van der Waals surface area (Å²) in [5.74, 6) is 0.299. The molecule has 24 nitrogen and oxygen atoms in total. The molecule has 0 aliphatic rings. The zero-order chi connectivity index (χ0) is 58.3. The van der Waals surface area contributed by atoms with Crippen molar-refractivity contribution in [3.63, 3.8) is 0 Å². The Balaban J connectivity index is 0.000000176. The second-order valence-corrected chi connectivity index (χ2v) is 18.0. The minimum Gasteiger partial charge on any atom is -0.457 e. The maximum atomic E-state index is 13.4. The average molecular weight is 1140 g/mol. The van der Waals surface area contributed by atoms with Gasteiger partial charge < -0.3 is 40.6 Å². The summed E-state index contributed by atoms with van der Waals surface area (Å²) in [6.45, 7) is -5.25. The van der Waals surface area contributed by atoms with Crippen molar-refractivity contribution >= 4 is 34.5 Å². The number of benzene rings is 4. The number of carbonyl (C=O) groups is 2. The van der Waals surface area contributed by atoms with Gasteiger partial charge in [-0.15, -0.1) is 0 Å². The number of aromatic nitrogens is 14. The number of aryl methyl sites for hydroxylation is 1. The summed E-state index contributed by atoms with van der Waals surface area (Å²) < 4.78 is 83.0. The molecule has 0 spiro atoms. The Labute approximate surface area is 472 Å².